The topological polar surface area (TPSA) is 60.7 Å². The van der Waals surface area contributed by atoms with Crippen LogP contribution in [0.1, 0.15) is 52.4 Å². The van der Waals surface area contributed by atoms with Crippen molar-refractivity contribution in [2.24, 2.45) is 0 Å². The molecule has 112 valence electrons. The van der Waals surface area contributed by atoms with Gasteiger partial charge in [0.15, 0.2) is 0 Å². The standard InChI is InChI=1S/C17H26O3/c1-3-5-9-13-16(19)17(20)14-11-8-6-7-10-12-15(18)4-2/h8,11,15-20H,3-5,9,13-14H2,1-2H3/b11-8-/t15-,16-,17-/m1/s1. The molecule has 3 heteroatoms. The van der Waals surface area contributed by atoms with Crippen LogP contribution in [0.5, 0.6) is 0 Å². The van der Waals surface area contributed by atoms with Crippen molar-refractivity contribution in [3.8, 4) is 23.7 Å². The molecule has 20 heavy (non-hydrogen) atoms. The number of unbranched alkanes of at least 4 members (excludes halogenated alkanes) is 2. The molecule has 3 nitrogen and oxygen atoms in total. The molecule has 0 radical (unpaired) electrons. The van der Waals surface area contributed by atoms with Crippen molar-refractivity contribution >= 4 is 0 Å². The lowest BCUT2D eigenvalue weighted by atomic mass is 10.0. The van der Waals surface area contributed by atoms with E-state index >= 15 is 0 Å². The highest BCUT2D eigenvalue weighted by Gasteiger charge is 2.13. The Balaban J connectivity index is 3.93. The molecule has 3 N–H and O–H groups in total. The zero-order valence-corrected chi connectivity index (χ0v) is 12.5. The van der Waals surface area contributed by atoms with E-state index in [9.17, 15) is 10.2 Å². The van der Waals surface area contributed by atoms with Crippen LogP contribution >= 0.6 is 0 Å². The Labute approximate surface area is 122 Å². The van der Waals surface area contributed by atoms with Crippen LogP contribution in [0, 0.1) is 23.7 Å². The van der Waals surface area contributed by atoms with Crippen LogP contribution < -0.4 is 0 Å². The monoisotopic (exact) mass is 278 g/mol. The Morgan fingerprint density at radius 3 is 2.40 bits per heavy atom. The van der Waals surface area contributed by atoms with Crippen LogP contribution in [0.3, 0.4) is 0 Å². The summed E-state index contributed by atoms with van der Waals surface area (Å²) < 4.78 is 0. The molecule has 0 aliphatic heterocycles. The number of aliphatic hydroxyl groups is 3. The van der Waals surface area contributed by atoms with Crippen molar-refractivity contribution in [1.29, 1.82) is 0 Å². The molecule has 0 bridgehead atoms. The lowest BCUT2D eigenvalue weighted by molar-refractivity contribution is 0.0153. The zero-order valence-electron chi connectivity index (χ0n) is 12.5. The quantitative estimate of drug-likeness (QED) is 0.470. The van der Waals surface area contributed by atoms with E-state index in [0.717, 1.165) is 19.3 Å². The number of hydrogen-bond donors (Lipinski definition) is 3. The van der Waals surface area contributed by atoms with Crippen LogP contribution in [0.2, 0.25) is 0 Å². The van der Waals surface area contributed by atoms with Crippen molar-refractivity contribution < 1.29 is 15.3 Å². The summed E-state index contributed by atoms with van der Waals surface area (Å²) in [5.41, 5.74) is 0. The Morgan fingerprint density at radius 1 is 1.00 bits per heavy atom. The van der Waals surface area contributed by atoms with Gasteiger partial charge in [-0.2, -0.15) is 0 Å². The Morgan fingerprint density at radius 2 is 1.75 bits per heavy atom. The Hall–Kier alpha value is -1.26. The average molecular weight is 278 g/mol. The maximum atomic E-state index is 9.71. The molecule has 0 spiro atoms. The summed E-state index contributed by atoms with van der Waals surface area (Å²) >= 11 is 0. The first-order valence-electron chi connectivity index (χ1n) is 7.32. The highest BCUT2D eigenvalue weighted by atomic mass is 16.3. The van der Waals surface area contributed by atoms with Gasteiger partial charge < -0.3 is 15.3 Å². The van der Waals surface area contributed by atoms with Crippen molar-refractivity contribution in [3.05, 3.63) is 12.2 Å². The van der Waals surface area contributed by atoms with Gasteiger partial charge in [-0.15, -0.1) is 0 Å². The van der Waals surface area contributed by atoms with Crippen molar-refractivity contribution in [2.75, 3.05) is 0 Å². The van der Waals surface area contributed by atoms with Crippen molar-refractivity contribution in [2.45, 2.75) is 70.7 Å². The number of rotatable bonds is 8. The third-order valence-corrected chi connectivity index (χ3v) is 2.89. The van der Waals surface area contributed by atoms with Gasteiger partial charge in [-0.3, -0.25) is 0 Å². The van der Waals surface area contributed by atoms with Gasteiger partial charge in [0.05, 0.1) is 12.2 Å². The van der Waals surface area contributed by atoms with E-state index in [2.05, 4.69) is 30.6 Å². The third-order valence-electron chi connectivity index (χ3n) is 2.89. The van der Waals surface area contributed by atoms with Crippen molar-refractivity contribution in [1.82, 2.24) is 0 Å². The highest BCUT2D eigenvalue weighted by Crippen LogP contribution is 2.09. The average Bonchev–Trinajstić information content (AvgIpc) is 2.45. The predicted octanol–water partition coefficient (Wildman–Crippen LogP) is 2.01. The molecular weight excluding hydrogens is 252 g/mol. The van der Waals surface area contributed by atoms with E-state index < -0.39 is 18.3 Å². The summed E-state index contributed by atoms with van der Waals surface area (Å²) in [6, 6.07) is 0. The summed E-state index contributed by atoms with van der Waals surface area (Å²) in [6.45, 7) is 3.95. The van der Waals surface area contributed by atoms with Crippen LogP contribution in [-0.2, 0) is 0 Å². The van der Waals surface area contributed by atoms with Crippen molar-refractivity contribution in [3.63, 3.8) is 0 Å². The number of aliphatic hydroxyl groups excluding tert-OH is 3. The Bertz CT molecular complexity index is 379. The molecular formula is C17H26O3. The number of hydrogen-bond acceptors (Lipinski definition) is 3. The minimum atomic E-state index is -0.738. The van der Waals surface area contributed by atoms with E-state index in [0.29, 0.717) is 19.3 Å². The smallest absolute Gasteiger partial charge is 0.115 e. The lowest BCUT2D eigenvalue weighted by Crippen LogP contribution is -2.25. The van der Waals surface area contributed by atoms with E-state index in [1.54, 1.807) is 12.2 Å². The van der Waals surface area contributed by atoms with Gasteiger partial charge in [0.25, 0.3) is 0 Å². The summed E-state index contributed by atoms with van der Waals surface area (Å²) in [5, 5.41) is 28.6. The lowest BCUT2D eigenvalue weighted by Gasteiger charge is -2.15. The summed E-state index contributed by atoms with van der Waals surface area (Å²) in [7, 11) is 0. The van der Waals surface area contributed by atoms with Gasteiger partial charge >= 0.3 is 0 Å². The summed E-state index contributed by atoms with van der Waals surface area (Å²) in [4.78, 5) is 0. The molecule has 0 aromatic heterocycles. The van der Waals surface area contributed by atoms with Crippen LogP contribution in [0.15, 0.2) is 12.2 Å². The van der Waals surface area contributed by atoms with Gasteiger partial charge in [-0.1, -0.05) is 51.0 Å². The fourth-order valence-electron chi connectivity index (χ4n) is 1.52. The van der Waals surface area contributed by atoms with E-state index in [1.165, 1.54) is 0 Å². The molecule has 0 saturated carbocycles. The first-order chi connectivity index (χ1) is 9.61. The van der Waals surface area contributed by atoms with Gasteiger partial charge in [-0.25, -0.2) is 0 Å². The molecule has 0 amide bonds. The van der Waals surface area contributed by atoms with Crippen LogP contribution in [0.4, 0.5) is 0 Å². The highest BCUT2D eigenvalue weighted by molar-refractivity contribution is 5.31. The molecule has 0 saturated heterocycles. The molecule has 0 fully saturated rings. The molecule has 0 aromatic rings. The fraction of sp³-hybridized carbons (Fsp3) is 0.647. The van der Waals surface area contributed by atoms with Crippen LogP contribution in [0.25, 0.3) is 0 Å². The molecule has 0 heterocycles. The predicted molar refractivity (Wildman–Crippen MR) is 81.8 cm³/mol. The summed E-state index contributed by atoms with van der Waals surface area (Å²) in [5.74, 6) is 10.4. The molecule has 0 rings (SSSR count). The first-order valence-corrected chi connectivity index (χ1v) is 7.32. The fourth-order valence-corrected chi connectivity index (χ4v) is 1.52. The molecule has 0 unspecified atom stereocenters. The second kappa shape index (κ2) is 12.8. The summed E-state index contributed by atoms with van der Waals surface area (Å²) in [6.07, 6.45) is 6.03. The van der Waals surface area contributed by atoms with E-state index in [-0.39, 0.29) is 0 Å². The number of allylic oxidation sites excluding steroid dienone is 1. The minimum absolute atomic E-state index is 0.382. The van der Waals surface area contributed by atoms with Gasteiger partial charge in [0, 0.05) is 0 Å². The van der Waals surface area contributed by atoms with Gasteiger partial charge in [-0.05, 0) is 37.2 Å². The van der Waals surface area contributed by atoms with Crippen LogP contribution in [-0.4, -0.2) is 33.6 Å². The van der Waals surface area contributed by atoms with Gasteiger partial charge in [0.2, 0.25) is 0 Å². The maximum Gasteiger partial charge on any atom is 0.115 e. The maximum absolute atomic E-state index is 9.71. The second-order valence-electron chi connectivity index (χ2n) is 4.73. The molecule has 3 atom stereocenters. The second-order valence-corrected chi connectivity index (χ2v) is 4.73. The van der Waals surface area contributed by atoms with E-state index in [4.69, 9.17) is 5.11 Å². The largest absolute Gasteiger partial charge is 0.390 e. The molecule has 0 aliphatic carbocycles. The Kier molecular flexibility index (Phi) is 12.0. The van der Waals surface area contributed by atoms with Gasteiger partial charge in [0.1, 0.15) is 6.10 Å². The molecule has 0 aliphatic rings. The zero-order chi connectivity index (χ0) is 15.2. The van der Waals surface area contributed by atoms with E-state index in [1.807, 2.05) is 6.92 Å². The normalized spacial score (nSPS) is 14.8. The molecule has 0 aromatic carbocycles. The third kappa shape index (κ3) is 10.6. The minimum Gasteiger partial charge on any atom is -0.390 e. The SMILES string of the molecule is CCCCC[C@@H](O)[C@H](O)C/C=C\C#CC#C[C@H](O)CC. The first kappa shape index (κ1) is 18.7.